The van der Waals surface area contributed by atoms with Crippen LogP contribution in [0.15, 0.2) is 94.5 Å². The molecule has 30 heavy (non-hydrogen) atoms. The number of rotatable bonds is 1. The fourth-order valence-electron chi connectivity index (χ4n) is 4.51. The van der Waals surface area contributed by atoms with E-state index in [4.69, 9.17) is 9.40 Å². The third-order valence-corrected chi connectivity index (χ3v) is 6.92. The summed E-state index contributed by atoms with van der Waals surface area (Å²) in [7, 11) is 0. The Morgan fingerprint density at radius 2 is 1.70 bits per heavy atom. The van der Waals surface area contributed by atoms with Gasteiger partial charge in [0.15, 0.2) is 5.16 Å². The van der Waals surface area contributed by atoms with Crippen LogP contribution in [0.3, 0.4) is 0 Å². The molecule has 0 radical (unpaired) electrons. The third kappa shape index (κ3) is 2.20. The first-order valence-electron chi connectivity index (χ1n) is 10.0. The zero-order valence-corrected chi connectivity index (χ0v) is 16.8. The van der Waals surface area contributed by atoms with Crippen LogP contribution in [-0.2, 0) is 5.75 Å². The number of thioether (sulfide) groups is 1. The van der Waals surface area contributed by atoms with Crippen molar-refractivity contribution < 1.29 is 4.42 Å². The molecule has 0 bridgehead atoms. The number of benzene rings is 4. The number of hydrogen-bond acceptors (Lipinski definition) is 3. The summed E-state index contributed by atoms with van der Waals surface area (Å²) in [5.74, 6) is 0.938. The van der Waals surface area contributed by atoms with Crippen LogP contribution in [-0.4, -0.2) is 9.55 Å². The highest BCUT2D eigenvalue weighted by Gasteiger charge is 2.22. The Bertz CT molecular complexity index is 1610. The minimum Gasteiger partial charge on any atom is -0.455 e. The van der Waals surface area contributed by atoms with E-state index in [9.17, 15) is 0 Å². The van der Waals surface area contributed by atoms with Crippen LogP contribution >= 0.6 is 11.8 Å². The summed E-state index contributed by atoms with van der Waals surface area (Å²) in [6.07, 6.45) is 0. The van der Waals surface area contributed by atoms with E-state index in [0.29, 0.717) is 0 Å². The molecule has 3 heterocycles. The molecule has 0 saturated carbocycles. The first-order chi connectivity index (χ1) is 14.9. The molecule has 0 unspecified atom stereocenters. The molecular formula is C26H16N2OS. The van der Waals surface area contributed by atoms with Gasteiger partial charge in [0, 0.05) is 22.1 Å². The van der Waals surface area contributed by atoms with E-state index in [0.717, 1.165) is 55.0 Å². The van der Waals surface area contributed by atoms with Crippen molar-refractivity contribution in [2.24, 2.45) is 0 Å². The van der Waals surface area contributed by atoms with E-state index < -0.39 is 0 Å². The molecule has 0 saturated heterocycles. The molecule has 0 fully saturated rings. The normalized spacial score (nSPS) is 13.1. The van der Waals surface area contributed by atoms with Crippen molar-refractivity contribution in [1.82, 2.24) is 9.55 Å². The van der Waals surface area contributed by atoms with E-state index in [1.54, 1.807) is 11.8 Å². The summed E-state index contributed by atoms with van der Waals surface area (Å²) >= 11 is 1.80. The van der Waals surface area contributed by atoms with Crippen molar-refractivity contribution in [3.8, 4) is 16.8 Å². The van der Waals surface area contributed by atoms with Crippen LogP contribution < -0.4 is 0 Å². The Kier molecular flexibility index (Phi) is 3.26. The van der Waals surface area contributed by atoms with Crippen molar-refractivity contribution in [3.05, 3.63) is 90.5 Å². The van der Waals surface area contributed by atoms with Gasteiger partial charge in [-0.25, -0.2) is 4.98 Å². The topological polar surface area (TPSA) is 31.0 Å². The number of hydrogen-bond donors (Lipinski definition) is 0. The quantitative estimate of drug-likeness (QED) is 0.290. The molecule has 0 N–H and O–H groups in total. The lowest BCUT2D eigenvalue weighted by atomic mass is 10.00. The van der Waals surface area contributed by atoms with Gasteiger partial charge in [0.25, 0.3) is 0 Å². The predicted octanol–water partition coefficient (Wildman–Crippen LogP) is 7.20. The number of imidazole rings is 1. The molecule has 1 aliphatic heterocycles. The largest absolute Gasteiger partial charge is 0.455 e. The minimum absolute atomic E-state index is 0.928. The van der Waals surface area contributed by atoms with E-state index in [2.05, 4.69) is 71.3 Å². The summed E-state index contributed by atoms with van der Waals surface area (Å²) in [5, 5.41) is 3.37. The summed E-state index contributed by atoms with van der Waals surface area (Å²) in [5.41, 5.74) is 8.89. The van der Waals surface area contributed by atoms with E-state index in [1.807, 2.05) is 18.2 Å². The zero-order chi connectivity index (χ0) is 19.7. The lowest BCUT2D eigenvalue weighted by molar-refractivity contribution is 0.670. The molecular weight excluding hydrogens is 388 g/mol. The van der Waals surface area contributed by atoms with Crippen molar-refractivity contribution in [2.45, 2.75) is 10.9 Å². The number of para-hydroxylation sites is 4. The number of furan rings is 1. The van der Waals surface area contributed by atoms with Crippen molar-refractivity contribution in [1.29, 1.82) is 0 Å². The molecule has 0 aliphatic carbocycles. The summed E-state index contributed by atoms with van der Waals surface area (Å²) in [6, 6.07) is 29.8. The van der Waals surface area contributed by atoms with Crippen molar-refractivity contribution >= 4 is 44.7 Å². The van der Waals surface area contributed by atoms with Gasteiger partial charge < -0.3 is 4.42 Å². The molecule has 0 spiro atoms. The monoisotopic (exact) mass is 404 g/mol. The molecule has 6 aromatic rings. The molecule has 2 aromatic heterocycles. The standard InChI is InChI=1S/C26H16N2OS/c1-4-11-24-19(6-1)20-8-5-7-18(25(20)29-24)16-12-13-17-15-30-26-27-21-9-2-3-10-22(21)28(26)23(17)14-16/h1-14H,15H2. The van der Waals surface area contributed by atoms with Gasteiger partial charge in [-0.1, -0.05) is 72.4 Å². The Hall–Kier alpha value is -3.50. The van der Waals surface area contributed by atoms with Gasteiger partial charge in [-0.05, 0) is 35.4 Å². The third-order valence-electron chi connectivity index (χ3n) is 5.93. The molecule has 3 nitrogen and oxygen atoms in total. The minimum atomic E-state index is 0.928. The lowest BCUT2D eigenvalue weighted by Gasteiger charge is -2.20. The Balaban J connectivity index is 1.50. The lowest BCUT2D eigenvalue weighted by Crippen LogP contribution is -2.06. The van der Waals surface area contributed by atoms with Gasteiger partial charge in [-0.2, -0.15) is 0 Å². The highest BCUT2D eigenvalue weighted by molar-refractivity contribution is 7.98. The maximum atomic E-state index is 6.28. The highest BCUT2D eigenvalue weighted by atomic mass is 32.2. The number of nitrogens with zero attached hydrogens (tertiary/aromatic N) is 2. The van der Waals surface area contributed by atoms with Crippen LogP contribution in [0, 0.1) is 0 Å². The van der Waals surface area contributed by atoms with Crippen LogP contribution in [0.1, 0.15) is 5.56 Å². The van der Waals surface area contributed by atoms with Gasteiger partial charge in [-0.15, -0.1) is 0 Å². The van der Waals surface area contributed by atoms with Crippen LogP contribution in [0.5, 0.6) is 0 Å². The van der Waals surface area contributed by atoms with Gasteiger partial charge >= 0.3 is 0 Å². The predicted molar refractivity (Wildman–Crippen MR) is 123 cm³/mol. The van der Waals surface area contributed by atoms with Crippen LogP contribution in [0.2, 0.25) is 0 Å². The second-order valence-corrected chi connectivity index (χ2v) is 8.57. The van der Waals surface area contributed by atoms with Crippen LogP contribution in [0.25, 0.3) is 49.8 Å². The Morgan fingerprint density at radius 3 is 2.70 bits per heavy atom. The first-order valence-corrected chi connectivity index (χ1v) is 11.0. The Morgan fingerprint density at radius 1 is 0.833 bits per heavy atom. The van der Waals surface area contributed by atoms with Gasteiger partial charge in [-0.3, -0.25) is 4.57 Å². The SMILES string of the molecule is c1ccc2c(c1)nc1n2-c2cc(-c3cccc4c3oc3ccccc34)ccc2CS1. The van der Waals surface area contributed by atoms with Crippen molar-refractivity contribution in [3.63, 3.8) is 0 Å². The maximum absolute atomic E-state index is 6.28. The van der Waals surface area contributed by atoms with Gasteiger partial charge in [0.2, 0.25) is 0 Å². The first kappa shape index (κ1) is 16.3. The maximum Gasteiger partial charge on any atom is 0.174 e. The average molecular weight is 404 g/mol. The Labute approximate surface area is 177 Å². The zero-order valence-electron chi connectivity index (χ0n) is 16.0. The van der Waals surface area contributed by atoms with E-state index in [1.165, 1.54) is 11.3 Å². The summed E-state index contributed by atoms with van der Waals surface area (Å²) in [4.78, 5) is 4.84. The molecule has 4 heteroatoms. The van der Waals surface area contributed by atoms with Crippen molar-refractivity contribution in [2.75, 3.05) is 0 Å². The fraction of sp³-hybridized carbons (Fsp3) is 0.0385. The molecule has 0 amide bonds. The average Bonchev–Trinajstić information content (AvgIpc) is 3.37. The second kappa shape index (κ2) is 6.00. The van der Waals surface area contributed by atoms with E-state index in [-0.39, 0.29) is 0 Å². The van der Waals surface area contributed by atoms with Crippen LogP contribution in [0.4, 0.5) is 0 Å². The van der Waals surface area contributed by atoms with Gasteiger partial charge in [0.05, 0.1) is 16.7 Å². The number of fused-ring (bicyclic) bond motifs is 8. The van der Waals surface area contributed by atoms with Gasteiger partial charge in [0.1, 0.15) is 11.2 Å². The smallest absolute Gasteiger partial charge is 0.174 e. The summed E-state index contributed by atoms with van der Waals surface area (Å²) in [6.45, 7) is 0. The highest BCUT2D eigenvalue weighted by Crippen LogP contribution is 2.41. The summed E-state index contributed by atoms with van der Waals surface area (Å²) < 4.78 is 8.58. The fourth-order valence-corrected chi connectivity index (χ4v) is 5.53. The molecule has 142 valence electrons. The van der Waals surface area contributed by atoms with E-state index >= 15 is 0 Å². The molecule has 0 atom stereocenters. The second-order valence-electron chi connectivity index (χ2n) is 7.63. The molecule has 7 rings (SSSR count). The number of aromatic nitrogens is 2. The molecule has 1 aliphatic rings. The molecule has 4 aromatic carbocycles.